The first-order chi connectivity index (χ1) is 12.7. The summed E-state index contributed by atoms with van der Waals surface area (Å²) in [7, 11) is 0. The highest BCUT2D eigenvalue weighted by atomic mass is 16.5. The summed E-state index contributed by atoms with van der Waals surface area (Å²) in [6, 6.07) is 23.3. The second-order valence-corrected chi connectivity index (χ2v) is 7.08. The van der Waals surface area contributed by atoms with Crippen LogP contribution in [0.5, 0.6) is 0 Å². The van der Waals surface area contributed by atoms with Crippen LogP contribution in [0.1, 0.15) is 18.1 Å². The molecule has 0 bridgehead atoms. The van der Waals surface area contributed by atoms with Crippen molar-refractivity contribution in [3.8, 4) is 0 Å². The molecule has 3 atom stereocenters. The highest BCUT2D eigenvalue weighted by molar-refractivity contribution is 6.07. The zero-order valence-corrected chi connectivity index (χ0v) is 14.3. The molecule has 0 saturated carbocycles. The Kier molecular flexibility index (Phi) is 3.68. The molecule has 1 aliphatic rings. The van der Waals surface area contributed by atoms with Crippen molar-refractivity contribution >= 4 is 32.3 Å². The second kappa shape index (κ2) is 6.06. The van der Waals surface area contributed by atoms with Crippen molar-refractivity contribution < 1.29 is 14.9 Å². The van der Waals surface area contributed by atoms with Gasteiger partial charge in [0, 0.05) is 6.42 Å². The van der Waals surface area contributed by atoms with Gasteiger partial charge in [-0.1, -0.05) is 48.5 Å². The average molecular weight is 344 g/mol. The Balaban J connectivity index is 1.83. The molecular weight excluding hydrogens is 324 g/mol. The minimum atomic E-state index is -0.639. The monoisotopic (exact) mass is 344 g/mol. The lowest BCUT2D eigenvalue weighted by atomic mass is 9.90. The summed E-state index contributed by atoms with van der Waals surface area (Å²) < 4.78 is 6.04. The Hall–Kier alpha value is -2.46. The van der Waals surface area contributed by atoms with Crippen molar-refractivity contribution in [2.45, 2.75) is 24.7 Å². The van der Waals surface area contributed by atoms with Crippen LogP contribution in [0.2, 0.25) is 0 Å². The summed E-state index contributed by atoms with van der Waals surface area (Å²) in [5, 5.41) is 26.8. The average Bonchev–Trinajstić information content (AvgIpc) is 3.04. The fourth-order valence-corrected chi connectivity index (χ4v) is 4.22. The van der Waals surface area contributed by atoms with E-state index in [0.29, 0.717) is 6.42 Å². The molecule has 0 spiro atoms. The number of ether oxygens (including phenoxy) is 1. The Morgan fingerprint density at radius 1 is 0.808 bits per heavy atom. The number of aliphatic hydroxyl groups is 2. The molecule has 0 aromatic heterocycles. The molecule has 1 saturated heterocycles. The van der Waals surface area contributed by atoms with Gasteiger partial charge in [-0.05, 0) is 56.1 Å². The van der Waals surface area contributed by atoms with Gasteiger partial charge in [0.05, 0.1) is 18.8 Å². The first kappa shape index (κ1) is 15.8. The Labute approximate surface area is 151 Å². The van der Waals surface area contributed by atoms with E-state index in [0.717, 1.165) is 21.7 Å². The number of rotatable bonds is 2. The van der Waals surface area contributed by atoms with Crippen LogP contribution in [0.15, 0.2) is 66.7 Å². The van der Waals surface area contributed by atoms with Crippen molar-refractivity contribution in [2.24, 2.45) is 0 Å². The summed E-state index contributed by atoms with van der Waals surface area (Å²) in [5.41, 5.74) is 1.11. The van der Waals surface area contributed by atoms with Gasteiger partial charge in [0.25, 0.3) is 0 Å². The minimum Gasteiger partial charge on any atom is -0.394 e. The van der Waals surface area contributed by atoms with Crippen molar-refractivity contribution in [1.29, 1.82) is 0 Å². The molecule has 1 heterocycles. The van der Waals surface area contributed by atoms with Crippen molar-refractivity contribution in [1.82, 2.24) is 0 Å². The van der Waals surface area contributed by atoms with Gasteiger partial charge >= 0.3 is 0 Å². The van der Waals surface area contributed by atoms with Gasteiger partial charge < -0.3 is 14.9 Å². The Bertz CT molecular complexity index is 1110. The van der Waals surface area contributed by atoms with Crippen LogP contribution in [0.4, 0.5) is 0 Å². The zero-order valence-electron chi connectivity index (χ0n) is 14.3. The molecule has 1 aliphatic heterocycles. The normalized spacial score (nSPS) is 23.2. The summed E-state index contributed by atoms with van der Waals surface area (Å²) in [6.45, 7) is -0.163. The first-order valence-electron chi connectivity index (χ1n) is 9.03. The van der Waals surface area contributed by atoms with Gasteiger partial charge in [0.1, 0.15) is 6.10 Å². The summed E-state index contributed by atoms with van der Waals surface area (Å²) in [6.07, 6.45) is -0.882. The fourth-order valence-electron chi connectivity index (χ4n) is 4.22. The molecule has 3 heteroatoms. The summed E-state index contributed by atoms with van der Waals surface area (Å²) >= 11 is 0. The molecule has 4 aromatic rings. The highest BCUT2D eigenvalue weighted by Gasteiger charge is 2.35. The molecule has 0 radical (unpaired) electrons. The Morgan fingerprint density at radius 2 is 1.46 bits per heavy atom. The van der Waals surface area contributed by atoms with Gasteiger partial charge in [-0.25, -0.2) is 0 Å². The van der Waals surface area contributed by atoms with E-state index in [1.807, 2.05) is 18.2 Å². The number of fused-ring (bicyclic) bond motifs is 3. The summed E-state index contributed by atoms with van der Waals surface area (Å²) in [5.74, 6) is 0. The zero-order chi connectivity index (χ0) is 17.7. The molecular formula is C23H20O3. The van der Waals surface area contributed by atoms with E-state index in [2.05, 4.69) is 48.5 Å². The molecule has 3 nitrogen and oxygen atoms in total. The minimum absolute atomic E-state index is 0.163. The molecule has 1 fully saturated rings. The first-order valence-corrected chi connectivity index (χ1v) is 9.03. The maximum atomic E-state index is 10.3. The SMILES string of the molecule is OC[C@H]1OC(c2c3ccccc3cc3cc4ccccc4cc23)C[C@@H]1O. The van der Waals surface area contributed by atoms with Crippen LogP contribution in [-0.4, -0.2) is 29.0 Å². The smallest absolute Gasteiger partial charge is 0.107 e. The predicted octanol–water partition coefficient (Wildman–Crippen LogP) is 4.33. The van der Waals surface area contributed by atoms with E-state index >= 15 is 0 Å². The van der Waals surface area contributed by atoms with Crippen LogP contribution in [0.25, 0.3) is 32.3 Å². The van der Waals surface area contributed by atoms with Crippen LogP contribution in [0, 0.1) is 0 Å². The molecule has 2 N–H and O–H groups in total. The number of benzene rings is 4. The van der Waals surface area contributed by atoms with Gasteiger partial charge in [0.2, 0.25) is 0 Å². The maximum absolute atomic E-state index is 10.3. The second-order valence-electron chi connectivity index (χ2n) is 7.08. The van der Waals surface area contributed by atoms with Crippen LogP contribution in [0.3, 0.4) is 0 Å². The van der Waals surface area contributed by atoms with E-state index in [-0.39, 0.29) is 12.7 Å². The van der Waals surface area contributed by atoms with Crippen molar-refractivity contribution in [3.63, 3.8) is 0 Å². The Morgan fingerprint density at radius 3 is 2.19 bits per heavy atom. The molecule has 1 unspecified atom stereocenters. The van der Waals surface area contributed by atoms with Crippen LogP contribution < -0.4 is 0 Å². The lowest BCUT2D eigenvalue weighted by Gasteiger charge is -2.18. The molecule has 26 heavy (non-hydrogen) atoms. The van der Waals surface area contributed by atoms with Gasteiger partial charge in [-0.2, -0.15) is 0 Å². The van der Waals surface area contributed by atoms with Gasteiger partial charge in [-0.3, -0.25) is 0 Å². The van der Waals surface area contributed by atoms with E-state index in [9.17, 15) is 10.2 Å². The van der Waals surface area contributed by atoms with E-state index in [1.165, 1.54) is 16.2 Å². The maximum Gasteiger partial charge on any atom is 0.107 e. The van der Waals surface area contributed by atoms with Crippen LogP contribution in [-0.2, 0) is 4.74 Å². The third-order valence-electron chi connectivity index (χ3n) is 5.50. The molecule has 0 amide bonds. The van der Waals surface area contributed by atoms with Crippen LogP contribution >= 0.6 is 0 Å². The third kappa shape index (κ3) is 2.40. The lowest BCUT2D eigenvalue weighted by molar-refractivity contribution is -0.0218. The quantitative estimate of drug-likeness (QED) is 0.532. The molecule has 0 aliphatic carbocycles. The molecule has 5 rings (SSSR count). The van der Waals surface area contributed by atoms with Gasteiger partial charge in [-0.15, -0.1) is 0 Å². The topological polar surface area (TPSA) is 49.7 Å². The lowest BCUT2D eigenvalue weighted by Crippen LogP contribution is -2.24. The molecule has 130 valence electrons. The van der Waals surface area contributed by atoms with E-state index < -0.39 is 12.2 Å². The summed E-state index contributed by atoms with van der Waals surface area (Å²) in [4.78, 5) is 0. The largest absolute Gasteiger partial charge is 0.394 e. The molecule has 4 aromatic carbocycles. The van der Waals surface area contributed by atoms with Crippen molar-refractivity contribution in [2.75, 3.05) is 6.61 Å². The number of aliphatic hydroxyl groups excluding tert-OH is 2. The van der Waals surface area contributed by atoms with E-state index in [1.54, 1.807) is 0 Å². The fraction of sp³-hybridized carbons (Fsp3) is 0.217. The standard InChI is InChI=1S/C23H20O3/c24-13-22-20(25)12-21(26-22)23-18-8-4-3-7-16(18)10-17-9-14-5-1-2-6-15(14)11-19(17)23/h1-11,20-22,24-25H,12-13H2/t20-,21?,22+/m0/s1. The predicted molar refractivity (Wildman–Crippen MR) is 104 cm³/mol. The number of hydrogen-bond acceptors (Lipinski definition) is 3. The van der Waals surface area contributed by atoms with Crippen molar-refractivity contribution in [3.05, 3.63) is 72.3 Å². The van der Waals surface area contributed by atoms with Gasteiger partial charge in [0.15, 0.2) is 0 Å². The van der Waals surface area contributed by atoms with E-state index in [4.69, 9.17) is 4.74 Å². The number of hydrogen-bond donors (Lipinski definition) is 2. The highest BCUT2D eigenvalue weighted by Crippen LogP contribution is 2.41. The third-order valence-corrected chi connectivity index (χ3v) is 5.50.